The molecule has 2 rings (SSSR count). The van der Waals surface area contributed by atoms with Crippen LogP contribution in [0.3, 0.4) is 0 Å². The molecular formula is C11H18N2O2. The summed E-state index contributed by atoms with van der Waals surface area (Å²) in [6.45, 7) is 4.13. The molecule has 4 heteroatoms. The van der Waals surface area contributed by atoms with Gasteiger partial charge in [-0.2, -0.15) is 0 Å². The van der Waals surface area contributed by atoms with E-state index in [9.17, 15) is 9.59 Å². The van der Waals surface area contributed by atoms with E-state index in [1.54, 1.807) is 4.90 Å². The topological polar surface area (TPSA) is 49.4 Å². The Bertz CT molecular complexity index is 293. The van der Waals surface area contributed by atoms with Crippen molar-refractivity contribution < 1.29 is 9.59 Å². The first-order valence-electron chi connectivity index (χ1n) is 5.68. The minimum absolute atomic E-state index is 0.0494. The van der Waals surface area contributed by atoms with Gasteiger partial charge in [0.2, 0.25) is 11.8 Å². The lowest BCUT2D eigenvalue weighted by Crippen LogP contribution is -2.67. The second-order valence-electron chi connectivity index (χ2n) is 4.78. The van der Waals surface area contributed by atoms with Crippen LogP contribution in [0.4, 0.5) is 0 Å². The molecule has 2 fully saturated rings. The van der Waals surface area contributed by atoms with Gasteiger partial charge >= 0.3 is 0 Å². The molecule has 1 heterocycles. The third-order valence-electron chi connectivity index (χ3n) is 3.50. The monoisotopic (exact) mass is 210 g/mol. The average Bonchev–Trinajstić information content (AvgIpc) is 2.62. The van der Waals surface area contributed by atoms with E-state index in [1.807, 2.05) is 13.8 Å². The Hall–Kier alpha value is -1.06. The van der Waals surface area contributed by atoms with Crippen LogP contribution in [-0.4, -0.2) is 34.8 Å². The molecule has 1 spiro atoms. The van der Waals surface area contributed by atoms with Crippen molar-refractivity contribution in [3.8, 4) is 0 Å². The highest BCUT2D eigenvalue weighted by atomic mass is 16.2. The van der Waals surface area contributed by atoms with Crippen LogP contribution in [0.1, 0.15) is 39.5 Å². The molecule has 2 aliphatic rings. The number of nitrogens with zero attached hydrogens (tertiary/aromatic N) is 1. The summed E-state index contributed by atoms with van der Waals surface area (Å²) < 4.78 is 0. The summed E-state index contributed by atoms with van der Waals surface area (Å²) in [6, 6.07) is 0.113. The van der Waals surface area contributed by atoms with Gasteiger partial charge < -0.3 is 10.2 Å². The normalized spacial score (nSPS) is 25.1. The van der Waals surface area contributed by atoms with Crippen LogP contribution in [0, 0.1) is 0 Å². The molecule has 0 aromatic rings. The number of hydrogen-bond donors (Lipinski definition) is 1. The third kappa shape index (κ3) is 1.43. The van der Waals surface area contributed by atoms with Crippen molar-refractivity contribution in [2.75, 3.05) is 6.54 Å². The maximum atomic E-state index is 12.0. The number of carbonyl (C=O) groups excluding carboxylic acids is 2. The van der Waals surface area contributed by atoms with E-state index >= 15 is 0 Å². The number of amides is 2. The first kappa shape index (κ1) is 10.5. The van der Waals surface area contributed by atoms with Crippen molar-refractivity contribution in [3.63, 3.8) is 0 Å². The van der Waals surface area contributed by atoms with E-state index < -0.39 is 5.54 Å². The van der Waals surface area contributed by atoms with Crippen molar-refractivity contribution in [1.82, 2.24) is 10.2 Å². The fourth-order valence-corrected chi connectivity index (χ4v) is 2.96. The molecule has 1 N–H and O–H groups in total. The summed E-state index contributed by atoms with van der Waals surface area (Å²) in [6.07, 6.45) is 3.74. The van der Waals surface area contributed by atoms with Crippen molar-refractivity contribution in [2.45, 2.75) is 51.1 Å². The van der Waals surface area contributed by atoms with Crippen LogP contribution < -0.4 is 5.32 Å². The van der Waals surface area contributed by atoms with E-state index in [1.165, 1.54) is 0 Å². The first-order valence-corrected chi connectivity index (χ1v) is 5.68. The molecule has 1 aliphatic carbocycles. The molecule has 0 aromatic carbocycles. The maximum Gasteiger partial charge on any atom is 0.246 e. The highest BCUT2D eigenvalue weighted by Gasteiger charge is 2.51. The average molecular weight is 210 g/mol. The predicted octanol–water partition coefficient (Wildman–Crippen LogP) is 0.666. The second-order valence-corrected chi connectivity index (χ2v) is 4.78. The second kappa shape index (κ2) is 3.51. The SMILES string of the molecule is CC(C)N1C(=O)CNC(=O)C12CCCC2. The van der Waals surface area contributed by atoms with Gasteiger partial charge in [0.15, 0.2) is 0 Å². The zero-order valence-electron chi connectivity index (χ0n) is 9.38. The maximum absolute atomic E-state index is 12.0. The number of hydrogen-bond acceptors (Lipinski definition) is 2. The largest absolute Gasteiger partial charge is 0.345 e. The van der Waals surface area contributed by atoms with Crippen LogP contribution in [0.2, 0.25) is 0 Å². The molecule has 0 unspecified atom stereocenters. The lowest BCUT2D eigenvalue weighted by molar-refractivity contribution is -0.156. The fraction of sp³-hybridized carbons (Fsp3) is 0.818. The van der Waals surface area contributed by atoms with Gasteiger partial charge in [-0.3, -0.25) is 9.59 Å². The summed E-state index contributed by atoms with van der Waals surface area (Å²) in [5.74, 6) is 0.111. The lowest BCUT2D eigenvalue weighted by atomic mass is 9.90. The van der Waals surface area contributed by atoms with Crippen LogP contribution in [0.15, 0.2) is 0 Å². The zero-order chi connectivity index (χ0) is 11.1. The first-order chi connectivity index (χ1) is 7.08. The number of carbonyl (C=O) groups is 2. The van der Waals surface area contributed by atoms with Gasteiger partial charge in [-0.15, -0.1) is 0 Å². The molecule has 15 heavy (non-hydrogen) atoms. The molecule has 0 radical (unpaired) electrons. The van der Waals surface area contributed by atoms with Crippen molar-refractivity contribution in [2.24, 2.45) is 0 Å². The van der Waals surface area contributed by atoms with Crippen molar-refractivity contribution in [3.05, 3.63) is 0 Å². The van der Waals surface area contributed by atoms with Crippen LogP contribution >= 0.6 is 0 Å². The van der Waals surface area contributed by atoms with Crippen LogP contribution in [0.25, 0.3) is 0 Å². The fourth-order valence-electron chi connectivity index (χ4n) is 2.96. The van der Waals surface area contributed by atoms with Gasteiger partial charge in [-0.05, 0) is 26.7 Å². The Morgan fingerprint density at radius 3 is 2.40 bits per heavy atom. The molecule has 1 aliphatic heterocycles. The van der Waals surface area contributed by atoms with E-state index in [0.29, 0.717) is 0 Å². The molecular weight excluding hydrogens is 192 g/mol. The standard InChI is InChI=1S/C11H18N2O2/c1-8(2)13-9(14)7-12-10(15)11(13)5-3-4-6-11/h8H,3-7H2,1-2H3,(H,12,15). The number of nitrogens with one attached hydrogen (secondary N) is 1. The molecule has 4 nitrogen and oxygen atoms in total. The van der Waals surface area contributed by atoms with Crippen molar-refractivity contribution >= 4 is 11.8 Å². The summed E-state index contributed by atoms with van der Waals surface area (Å²) in [5.41, 5.74) is -0.524. The summed E-state index contributed by atoms with van der Waals surface area (Å²) >= 11 is 0. The van der Waals surface area contributed by atoms with Gasteiger partial charge in [0, 0.05) is 6.04 Å². The van der Waals surface area contributed by atoms with Gasteiger partial charge in [0.05, 0.1) is 6.54 Å². The van der Waals surface area contributed by atoms with E-state index in [4.69, 9.17) is 0 Å². The molecule has 1 saturated heterocycles. The Morgan fingerprint density at radius 2 is 1.87 bits per heavy atom. The van der Waals surface area contributed by atoms with E-state index in [0.717, 1.165) is 25.7 Å². The van der Waals surface area contributed by atoms with E-state index in [2.05, 4.69) is 5.32 Å². The van der Waals surface area contributed by atoms with Gasteiger partial charge in [0.25, 0.3) is 0 Å². The Labute approximate surface area is 90.0 Å². The Kier molecular flexibility index (Phi) is 2.44. The van der Waals surface area contributed by atoms with E-state index in [-0.39, 0.29) is 24.4 Å². The number of piperazine rings is 1. The molecule has 0 atom stereocenters. The minimum atomic E-state index is -0.524. The summed E-state index contributed by atoms with van der Waals surface area (Å²) in [7, 11) is 0. The Balaban J connectivity index is 2.35. The van der Waals surface area contributed by atoms with Crippen molar-refractivity contribution in [1.29, 1.82) is 0 Å². The predicted molar refractivity (Wildman–Crippen MR) is 56.2 cm³/mol. The molecule has 2 amide bonds. The van der Waals surface area contributed by atoms with Gasteiger partial charge in [0.1, 0.15) is 5.54 Å². The summed E-state index contributed by atoms with van der Waals surface area (Å²) in [4.78, 5) is 25.6. The zero-order valence-corrected chi connectivity index (χ0v) is 9.38. The van der Waals surface area contributed by atoms with Crippen LogP contribution in [-0.2, 0) is 9.59 Å². The quantitative estimate of drug-likeness (QED) is 0.691. The molecule has 0 bridgehead atoms. The summed E-state index contributed by atoms with van der Waals surface area (Å²) in [5, 5.41) is 2.72. The third-order valence-corrected chi connectivity index (χ3v) is 3.50. The highest BCUT2D eigenvalue weighted by molar-refractivity contribution is 5.98. The minimum Gasteiger partial charge on any atom is -0.345 e. The van der Waals surface area contributed by atoms with Gasteiger partial charge in [-0.1, -0.05) is 12.8 Å². The number of rotatable bonds is 1. The molecule has 1 saturated carbocycles. The lowest BCUT2D eigenvalue weighted by Gasteiger charge is -2.45. The highest BCUT2D eigenvalue weighted by Crippen LogP contribution is 2.38. The molecule has 84 valence electrons. The van der Waals surface area contributed by atoms with Gasteiger partial charge in [-0.25, -0.2) is 0 Å². The molecule has 0 aromatic heterocycles. The smallest absolute Gasteiger partial charge is 0.246 e. The Morgan fingerprint density at radius 1 is 1.27 bits per heavy atom. The van der Waals surface area contributed by atoms with Crippen LogP contribution in [0.5, 0.6) is 0 Å².